The van der Waals surface area contributed by atoms with Gasteiger partial charge in [0, 0.05) is 11.4 Å². The number of nitrogens with one attached hydrogen (secondary N) is 3. The van der Waals surface area contributed by atoms with Crippen LogP contribution >= 0.6 is 22.6 Å². The van der Waals surface area contributed by atoms with Gasteiger partial charge in [-0.25, -0.2) is 9.82 Å². The van der Waals surface area contributed by atoms with Crippen LogP contribution in [0, 0.1) is 9.39 Å². The van der Waals surface area contributed by atoms with Crippen LogP contribution < -0.4 is 25.5 Å². The molecule has 3 rings (SSSR count). The van der Waals surface area contributed by atoms with Crippen molar-refractivity contribution in [2.45, 2.75) is 13.3 Å². The average Bonchev–Trinajstić information content (AvgIpc) is 2.89. The van der Waals surface area contributed by atoms with E-state index in [-0.39, 0.29) is 6.61 Å². The Morgan fingerprint density at radius 1 is 1.03 bits per heavy atom. The summed E-state index contributed by atoms with van der Waals surface area (Å²) < 4.78 is 24.6. The first-order chi connectivity index (χ1) is 17.8. The predicted octanol–water partition coefficient (Wildman–Crippen LogP) is 4.11. The summed E-state index contributed by atoms with van der Waals surface area (Å²) in [5.74, 6) is -1.92. The third kappa shape index (κ3) is 8.00. The van der Waals surface area contributed by atoms with Crippen molar-refractivity contribution in [2.24, 2.45) is 5.10 Å². The standard InChI is InChI=1S/C26H24FIN4O5/c1-3-17-6-4-5-7-21(17)31-25(34)26(35)32-29-14-16-12-20(28)24(22(13-16)36-2)37-15-23(33)30-19-10-8-18(27)9-11-19/h4-14H,3,15H2,1-2H3,(H,30,33)(H,31,34)(H,32,35)/b29-14-. The molecule has 0 saturated carbocycles. The molecule has 0 aliphatic rings. The monoisotopic (exact) mass is 618 g/mol. The van der Waals surface area contributed by atoms with E-state index in [1.807, 2.05) is 41.6 Å². The Kier molecular flexibility index (Phi) is 9.95. The Hall–Kier alpha value is -4.00. The summed E-state index contributed by atoms with van der Waals surface area (Å²) in [6, 6.07) is 15.9. The molecule has 0 fully saturated rings. The van der Waals surface area contributed by atoms with E-state index in [4.69, 9.17) is 9.47 Å². The van der Waals surface area contributed by atoms with Crippen LogP contribution in [0.25, 0.3) is 0 Å². The van der Waals surface area contributed by atoms with Crippen molar-refractivity contribution in [1.82, 2.24) is 5.43 Å². The van der Waals surface area contributed by atoms with Crippen LogP contribution in [0.15, 0.2) is 65.8 Å². The third-order valence-electron chi connectivity index (χ3n) is 4.96. The number of nitrogens with zero attached hydrogens (tertiary/aromatic N) is 1. The van der Waals surface area contributed by atoms with Crippen molar-refractivity contribution >= 4 is 57.9 Å². The van der Waals surface area contributed by atoms with Gasteiger partial charge < -0.3 is 20.1 Å². The fourth-order valence-corrected chi connectivity index (χ4v) is 3.95. The van der Waals surface area contributed by atoms with Gasteiger partial charge in [0.2, 0.25) is 0 Å². The highest BCUT2D eigenvalue weighted by molar-refractivity contribution is 14.1. The SMILES string of the molecule is CCc1ccccc1NC(=O)C(=O)N/N=C\c1cc(I)c(OCC(=O)Nc2ccc(F)cc2)c(OC)c1. The van der Waals surface area contributed by atoms with Gasteiger partial charge in [-0.15, -0.1) is 0 Å². The molecular weight excluding hydrogens is 594 g/mol. The Balaban J connectivity index is 1.58. The highest BCUT2D eigenvalue weighted by atomic mass is 127. The molecule has 0 aliphatic heterocycles. The molecule has 3 aromatic carbocycles. The maximum atomic E-state index is 13.0. The summed E-state index contributed by atoms with van der Waals surface area (Å²) >= 11 is 2.01. The highest BCUT2D eigenvalue weighted by Crippen LogP contribution is 2.33. The van der Waals surface area contributed by atoms with Crippen molar-refractivity contribution in [3.05, 3.63) is 81.2 Å². The lowest BCUT2D eigenvalue weighted by molar-refractivity contribution is -0.136. The molecule has 0 spiro atoms. The first-order valence-electron chi connectivity index (χ1n) is 11.1. The molecule has 0 unspecified atom stereocenters. The summed E-state index contributed by atoms with van der Waals surface area (Å²) in [5.41, 5.74) is 4.66. The number of hydrogen-bond donors (Lipinski definition) is 3. The van der Waals surface area contributed by atoms with Crippen LogP contribution in [-0.2, 0) is 20.8 Å². The molecule has 3 aromatic rings. The fraction of sp³-hybridized carbons (Fsp3) is 0.154. The van der Waals surface area contributed by atoms with Crippen LogP contribution in [0.3, 0.4) is 0 Å². The minimum absolute atomic E-state index is 0.302. The van der Waals surface area contributed by atoms with E-state index >= 15 is 0 Å². The first-order valence-corrected chi connectivity index (χ1v) is 12.2. The van der Waals surface area contributed by atoms with Gasteiger partial charge in [0.25, 0.3) is 5.91 Å². The molecule has 37 heavy (non-hydrogen) atoms. The van der Waals surface area contributed by atoms with Crippen molar-refractivity contribution < 1.29 is 28.2 Å². The second-order valence-corrected chi connectivity index (χ2v) is 8.70. The number of methoxy groups -OCH3 is 1. The van der Waals surface area contributed by atoms with Crippen LogP contribution in [0.4, 0.5) is 15.8 Å². The molecule has 0 radical (unpaired) electrons. The molecule has 3 amide bonds. The number of ether oxygens (including phenoxy) is 2. The van der Waals surface area contributed by atoms with Gasteiger partial charge in [0.05, 0.1) is 16.9 Å². The molecule has 0 saturated heterocycles. The Labute approximate surface area is 226 Å². The maximum Gasteiger partial charge on any atom is 0.329 e. The lowest BCUT2D eigenvalue weighted by Crippen LogP contribution is -2.32. The van der Waals surface area contributed by atoms with E-state index in [2.05, 4.69) is 21.2 Å². The second kappa shape index (κ2) is 13.3. The molecule has 11 heteroatoms. The van der Waals surface area contributed by atoms with Gasteiger partial charge in [-0.3, -0.25) is 14.4 Å². The van der Waals surface area contributed by atoms with Crippen molar-refractivity contribution in [1.29, 1.82) is 0 Å². The Bertz CT molecular complexity index is 1310. The number of carbonyl (C=O) groups is 3. The normalized spacial score (nSPS) is 10.6. The summed E-state index contributed by atoms with van der Waals surface area (Å²) in [6.45, 7) is 1.65. The van der Waals surface area contributed by atoms with Crippen LogP contribution in [-0.4, -0.2) is 37.7 Å². The van der Waals surface area contributed by atoms with E-state index in [0.29, 0.717) is 38.4 Å². The number of hydrazone groups is 1. The molecular formula is C26H24FIN4O5. The number of hydrogen-bond acceptors (Lipinski definition) is 6. The lowest BCUT2D eigenvalue weighted by atomic mass is 10.1. The molecule has 9 nitrogen and oxygen atoms in total. The number of carbonyl (C=O) groups excluding carboxylic acids is 3. The van der Waals surface area contributed by atoms with E-state index in [9.17, 15) is 18.8 Å². The summed E-state index contributed by atoms with van der Waals surface area (Å²) in [5, 5.41) is 9.03. The van der Waals surface area contributed by atoms with Gasteiger partial charge in [0.15, 0.2) is 18.1 Å². The van der Waals surface area contributed by atoms with Crippen LogP contribution in [0.5, 0.6) is 11.5 Å². The third-order valence-corrected chi connectivity index (χ3v) is 5.76. The topological polar surface area (TPSA) is 118 Å². The largest absolute Gasteiger partial charge is 0.493 e. The predicted molar refractivity (Wildman–Crippen MR) is 146 cm³/mol. The van der Waals surface area contributed by atoms with Crippen molar-refractivity contribution in [2.75, 3.05) is 24.4 Å². The average molecular weight is 618 g/mol. The number of aryl methyl sites for hydroxylation is 1. The number of benzene rings is 3. The molecule has 0 aromatic heterocycles. The minimum Gasteiger partial charge on any atom is -0.493 e. The number of rotatable bonds is 9. The number of para-hydroxylation sites is 1. The van der Waals surface area contributed by atoms with Crippen LogP contribution in [0.1, 0.15) is 18.1 Å². The Morgan fingerprint density at radius 2 is 1.76 bits per heavy atom. The highest BCUT2D eigenvalue weighted by Gasteiger charge is 2.15. The molecule has 0 heterocycles. The quantitative estimate of drug-likeness (QED) is 0.145. The van der Waals surface area contributed by atoms with Crippen molar-refractivity contribution in [3.63, 3.8) is 0 Å². The molecule has 192 valence electrons. The lowest BCUT2D eigenvalue weighted by Gasteiger charge is -2.13. The zero-order valence-electron chi connectivity index (χ0n) is 20.0. The zero-order valence-corrected chi connectivity index (χ0v) is 22.2. The molecule has 0 atom stereocenters. The second-order valence-electron chi connectivity index (χ2n) is 7.54. The fourth-order valence-electron chi connectivity index (χ4n) is 3.17. The van der Waals surface area contributed by atoms with Gasteiger partial charge in [-0.2, -0.15) is 5.10 Å². The van der Waals surface area contributed by atoms with Gasteiger partial charge in [0.1, 0.15) is 5.82 Å². The molecule has 0 bridgehead atoms. The van der Waals surface area contributed by atoms with E-state index in [1.54, 1.807) is 24.3 Å². The zero-order chi connectivity index (χ0) is 26.8. The summed E-state index contributed by atoms with van der Waals surface area (Å²) in [6.07, 6.45) is 2.05. The molecule has 3 N–H and O–H groups in total. The number of halogens is 2. The van der Waals surface area contributed by atoms with E-state index in [0.717, 1.165) is 5.56 Å². The number of anilines is 2. The first kappa shape index (κ1) is 27.6. The molecule has 0 aliphatic carbocycles. The smallest absolute Gasteiger partial charge is 0.329 e. The summed E-state index contributed by atoms with van der Waals surface area (Å²) in [7, 11) is 1.44. The maximum absolute atomic E-state index is 13.0. The van der Waals surface area contributed by atoms with Gasteiger partial charge in [-0.1, -0.05) is 25.1 Å². The van der Waals surface area contributed by atoms with E-state index < -0.39 is 23.5 Å². The summed E-state index contributed by atoms with van der Waals surface area (Å²) in [4.78, 5) is 36.5. The Morgan fingerprint density at radius 3 is 2.46 bits per heavy atom. The van der Waals surface area contributed by atoms with Crippen molar-refractivity contribution in [3.8, 4) is 11.5 Å². The van der Waals surface area contributed by atoms with E-state index in [1.165, 1.54) is 37.6 Å². The van der Waals surface area contributed by atoms with Gasteiger partial charge >= 0.3 is 11.8 Å². The van der Waals surface area contributed by atoms with Crippen LogP contribution in [0.2, 0.25) is 0 Å². The van der Waals surface area contributed by atoms with Gasteiger partial charge in [-0.05, 0) is 82.6 Å². The number of amides is 3. The minimum atomic E-state index is -0.920.